The van der Waals surface area contributed by atoms with E-state index in [0.29, 0.717) is 0 Å². The normalized spacial score (nSPS) is 11.3. The van der Waals surface area contributed by atoms with Crippen LogP contribution in [0.1, 0.15) is 48.5 Å². The van der Waals surface area contributed by atoms with Gasteiger partial charge in [-0.15, -0.1) is 0 Å². The molecule has 0 aliphatic heterocycles. The van der Waals surface area contributed by atoms with Gasteiger partial charge in [0.25, 0.3) is 0 Å². The predicted molar refractivity (Wildman–Crippen MR) is 113 cm³/mol. The van der Waals surface area contributed by atoms with Crippen molar-refractivity contribution in [2.45, 2.75) is 39.2 Å². The number of carbonyl (C=O) groups excluding carboxylic acids is 1. The second-order valence-corrected chi connectivity index (χ2v) is 7.16. The zero-order valence-corrected chi connectivity index (χ0v) is 15.8. The zero-order chi connectivity index (χ0) is 18.6. The lowest BCUT2D eigenvalue weighted by Gasteiger charge is -2.08. The number of fused-ring (bicyclic) bond motifs is 3. The summed E-state index contributed by atoms with van der Waals surface area (Å²) in [6.45, 7) is 3.27. The molecule has 0 N–H and O–H groups in total. The van der Waals surface area contributed by atoms with Crippen LogP contribution in [0.15, 0.2) is 72.8 Å². The second kappa shape index (κ2) is 7.79. The third-order valence-electron chi connectivity index (χ3n) is 5.31. The molecule has 0 spiro atoms. The predicted octanol–water partition coefficient (Wildman–Crippen LogP) is 6.61. The number of aromatic nitrogens is 1. The summed E-state index contributed by atoms with van der Waals surface area (Å²) in [6.07, 6.45) is 4.98. The fraction of sp³-hybridized carbons (Fsp3) is 0.240. The lowest BCUT2D eigenvalue weighted by molar-refractivity contribution is 0.103. The van der Waals surface area contributed by atoms with Crippen LogP contribution in [0.25, 0.3) is 21.8 Å². The Bertz CT molecular complexity index is 1080. The number of benzene rings is 3. The number of aryl methyl sites for hydroxylation is 1. The maximum atomic E-state index is 12.9. The lowest BCUT2D eigenvalue weighted by atomic mass is 10.0. The van der Waals surface area contributed by atoms with Crippen LogP contribution in [0.3, 0.4) is 0 Å². The average Bonchev–Trinajstić information content (AvgIpc) is 3.04. The molecule has 136 valence electrons. The van der Waals surface area contributed by atoms with E-state index in [0.717, 1.165) is 17.7 Å². The van der Waals surface area contributed by atoms with Crippen LogP contribution in [0.2, 0.25) is 0 Å². The van der Waals surface area contributed by atoms with E-state index < -0.39 is 0 Å². The first-order valence-corrected chi connectivity index (χ1v) is 9.90. The number of unbranched alkanes of at least 4 members (excludes halogenated alkanes) is 3. The molecule has 0 bridgehead atoms. The summed E-state index contributed by atoms with van der Waals surface area (Å²) < 4.78 is 2.41. The van der Waals surface area contributed by atoms with Gasteiger partial charge in [-0.1, -0.05) is 74.7 Å². The van der Waals surface area contributed by atoms with Gasteiger partial charge in [-0.3, -0.25) is 4.79 Å². The highest BCUT2D eigenvalue weighted by Gasteiger charge is 2.14. The molecule has 1 heterocycles. The third-order valence-corrected chi connectivity index (χ3v) is 5.31. The van der Waals surface area contributed by atoms with Crippen LogP contribution < -0.4 is 0 Å². The van der Waals surface area contributed by atoms with Gasteiger partial charge in [0.05, 0.1) is 0 Å². The Balaban J connectivity index is 1.77. The first-order chi connectivity index (χ1) is 13.3. The molecule has 0 amide bonds. The Labute approximate surface area is 160 Å². The van der Waals surface area contributed by atoms with Crippen molar-refractivity contribution in [2.24, 2.45) is 0 Å². The van der Waals surface area contributed by atoms with Gasteiger partial charge in [0.15, 0.2) is 5.78 Å². The standard InChI is InChI=1S/C25H25NO/c1-2-3-4-10-17-26-23-14-9-8-13-21(23)22-18-20(15-16-24(22)26)25(27)19-11-6-5-7-12-19/h5-9,11-16,18H,2-4,10,17H2,1H3. The van der Waals surface area contributed by atoms with E-state index in [2.05, 4.69) is 47.9 Å². The van der Waals surface area contributed by atoms with E-state index in [1.54, 1.807) is 0 Å². The maximum Gasteiger partial charge on any atom is 0.193 e. The molecule has 1 aromatic heterocycles. The summed E-state index contributed by atoms with van der Waals surface area (Å²) >= 11 is 0. The number of ketones is 1. The Morgan fingerprint density at radius 3 is 2.30 bits per heavy atom. The van der Waals surface area contributed by atoms with Crippen molar-refractivity contribution in [2.75, 3.05) is 0 Å². The van der Waals surface area contributed by atoms with E-state index >= 15 is 0 Å². The van der Waals surface area contributed by atoms with E-state index in [4.69, 9.17) is 0 Å². The van der Waals surface area contributed by atoms with Crippen LogP contribution in [-0.2, 0) is 6.54 Å². The summed E-state index contributed by atoms with van der Waals surface area (Å²) in [5.74, 6) is 0.0808. The number of rotatable bonds is 7. The van der Waals surface area contributed by atoms with Gasteiger partial charge >= 0.3 is 0 Å². The summed E-state index contributed by atoms with van der Waals surface area (Å²) in [5, 5.41) is 2.40. The van der Waals surface area contributed by atoms with Gasteiger partial charge < -0.3 is 4.57 Å². The maximum absolute atomic E-state index is 12.9. The number of hydrogen-bond acceptors (Lipinski definition) is 1. The molecule has 0 radical (unpaired) electrons. The van der Waals surface area contributed by atoms with Crippen molar-refractivity contribution >= 4 is 27.6 Å². The molecule has 0 fully saturated rings. The average molecular weight is 355 g/mol. The highest BCUT2D eigenvalue weighted by Crippen LogP contribution is 2.30. The van der Waals surface area contributed by atoms with Crippen molar-refractivity contribution in [3.05, 3.63) is 83.9 Å². The zero-order valence-electron chi connectivity index (χ0n) is 15.8. The fourth-order valence-electron chi connectivity index (χ4n) is 3.89. The highest BCUT2D eigenvalue weighted by atomic mass is 16.1. The summed E-state index contributed by atoms with van der Waals surface area (Å²) in [7, 11) is 0. The molecule has 27 heavy (non-hydrogen) atoms. The Kier molecular flexibility index (Phi) is 5.06. The largest absolute Gasteiger partial charge is 0.340 e. The van der Waals surface area contributed by atoms with Crippen molar-refractivity contribution in [3.63, 3.8) is 0 Å². The van der Waals surface area contributed by atoms with E-state index in [1.165, 1.54) is 47.5 Å². The minimum atomic E-state index is 0.0808. The number of nitrogens with zero attached hydrogens (tertiary/aromatic N) is 1. The molecule has 0 unspecified atom stereocenters. The molecule has 2 nitrogen and oxygen atoms in total. The molecule has 2 heteroatoms. The van der Waals surface area contributed by atoms with Crippen molar-refractivity contribution in [3.8, 4) is 0 Å². The SMILES string of the molecule is CCCCCCn1c2ccccc2c2cc(C(=O)c3ccccc3)ccc21. The summed E-state index contributed by atoms with van der Waals surface area (Å²) in [5.41, 5.74) is 3.97. The van der Waals surface area contributed by atoms with Crippen LogP contribution in [-0.4, -0.2) is 10.4 Å². The molecule has 0 saturated heterocycles. The molecule has 0 atom stereocenters. The monoisotopic (exact) mass is 355 g/mol. The highest BCUT2D eigenvalue weighted by molar-refractivity contribution is 6.14. The molecule has 0 aliphatic carbocycles. The van der Waals surface area contributed by atoms with Crippen LogP contribution in [0, 0.1) is 0 Å². The van der Waals surface area contributed by atoms with Gasteiger partial charge in [-0.05, 0) is 30.7 Å². The van der Waals surface area contributed by atoms with Crippen LogP contribution in [0.5, 0.6) is 0 Å². The summed E-state index contributed by atoms with van der Waals surface area (Å²) in [4.78, 5) is 12.9. The van der Waals surface area contributed by atoms with Crippen molar-refractivity contribution < 1.29 is 4.79 Å². The van der Waals surface area contributed by atoms with Crippen molar-refractivity contribution in [1.82, 2.24) is 4.57 Å². The number of para-hydroxylation sites is 1. The Hall–Kier alpha value is -2.87. The smallest absolute Gasteiger partial charge is 0.193 e. The first kappa shape index (κ1) is 17.5. The van der Waals surface area contributed by atoms with Crippen molar-refractivity contribution in [1.29, 1.82) is 0 Å². The number of hydrogen-bond donors (Lipinski definition) is 0. The molecule has 0 aliphatic rings. The molecule has 4 aromatic rings. The molecule has 4 rings (SSSR count). The Morgan fingerprint density at radius 2 is 1.48 bits per heavy atom. The molecule has 3 aromatic carbocycles. The van der Waals surface area contributed by atoms with Gasteiger partial charge in [0.1, 0.15) is 0 Å². The van der Waals surface area contributed by atoms with Gasteiger partial charge in [0.2, 0.25) is 0 Å². The van der Waals surface area contributed by atoms with E-state index in [9.17, 15) is 4.79 Å². The van der Waals surface area contributed by atoms with Gasteiger partial charge in [-0.25, -0.2) is 0 Å². The molecular weight excluding hydrogens is 330 g/mol. The second-order valence-electron chi connectivity index (χ2n) is 7.16. The molecule has 0 saturated carbocycles. The minimum Gasteiger partial charge on any atom is -0.340 e. The topological polar surface area (TPSA) is 22.0 Å². The van der Waals surface area contributed by atoms with Crippen LogP contribution >= 0.6 is 0 Å². The minimum absolute atomic E-state index is 0.0808. The lowest BCUT2D eigenvalue weighted by Crippen LogP contribution is -2.01. The van der Waals surface area contributed by atoms with E-state index in [1.807, 2.05) is 36.4 Å². The van der Waals surface area contributed by atoms with Gasteiger partial charge in [0, 0.05) is 39.5 Å². The fourth-order valence-corrected chi connectivity index (χ4v) is 3.89. The van der Waals surface area contributed by atoms with E-state index in [-0.39, 0.29) is 5.78 Å². The first-order valence-electron chi connectivity index (χ1n) is 9.90. The van der Waals surface area contributed by atoms with Gasteiger partial charge in [-0.2, -0.15) is 0 Å². The third kappa shape index (κ3) is 3.40. The quantitative estimate of drug-likeness (QED) is 0.270. The number of carbonyl (C=O) groups is 1. The molecular formula is C25H25NO. The summed E-state index contributed by atoms with van der Waals surface area (Å²) in [6, 6.07) is 24.2. The van der Waals surface area contributed by atoms with Crippen LogP contribution in [0.4, 0.5) is 0 Å². The Morgan fingerprint density at radius 1 is 0.741 bits per heavy atom.